The van der Waals surface area contributed by atoms with Gasteiger partial charge in [-0.2, -0.15) is 0 Å². The summed E-state index contributed by atoms with van der Waals surface area (Å²) in [5, 5.41) is 11.5. The maximum absolute atomic E-state index is 11.6. The monoisotopic (exact) mass is 233 g/mol. The molecule has 0 aromatic heterocycles. The van der Waals surface area contributed by atoms with Crippen molar-refractivity contribution in [1.82, 2.24) is 5.32 Å². The van der Waals surface area contributed by atoms with E-state index in [1.165, 1.54) is 0 Å². The van der Waals surface area contributed by atoms with Crippen molar-refractivity contribution in [2.45, 2.75) is 19.3 Å². The fraction of sp³-hybridized carbons (Fsp3) is 0.778. The molecule has 0 heterocycles. The highest BCUT2D eigenvalue weighted by atomic mass is 32.2. The molecule has 15 heavy (non-hydrogen) atoms. The standard InChI is InChI=1S/C9H15NO4S/c1-15(14)6-5-10-7(11)9(8(12)13)3-2-4-9/h2-6H2,1H3,(H,10,11)(H,12,13). The van der Waals surface area contributed by atoms with Gasteiger partial charge in [-0.3, -0.25) is 13.8 Å². The number of amides is 1. The maximum atomic E-state index is 11.6. The third kappa shape index (κ3) is 2.56. The summed E-state index contributed by atoms with van der Waals surface area (Å²) in [6.07, 6.45) is 3.13. The van der Waals surface area contributed by atoms with Gasteiger partial charge in [0.2, 0.25) is 5.91 Å². The van der Waals surface area contributed by atoms with E-state index in [-0.39, 0.29) is 6.54 Å². The molecular formula is C9H15NO4S. The predicted octanol–water partition coefficient (Wildman–Crippen LogP) is -0.264. The zero-order valence-corrected chi connectivity index (χ0v) is 9.43. The van der Waals surface area contributed by atoms with Crippen LogP contribution in [-0.4, -0.2) is 39.7 Å². The average Bonchev–Trinajstić information content (AvgIpc) is 1.99. The van der Waals surface area contributed by atoms with Crippen molar-refractivity contribution >= 4 is 22.7 Å². The van der Waals surface area contributed by atoms with E-state index in [1.807, 2.05) is 0 Å². The Bertz CT molecular complexity index is 298. The fourth-order valence-electron chi connectivity index (χ4n) is 1.55. The maximum Gasteiger partial charge on any atom is 0.319 e. The molecule has 5 nitrogen and oxygen atoms in total. The first-order valence-corrected chi connectivity index (χ1v) is 6.53. The van der Waals surface area contributed by atoms with Crippen molar-refractivity contribution in [1.29, 1.82) is 0 Å². The molecule has 86 valence electrons. The number of carbonyl (C=O) groups is 2. The number of carboxylic acid groups (broad SMARTS) is 1. The van der Waals surface area contributed by atoms with Crippen molar-refractivity contribution in [3.05, 3.63) is 0 Å². The molecule has 6 heteroatoms. The van der Waals surface area contributed by atoms with Gasteiger partial charge >= 0.3 is 5.97 Å². The van der Waals surface area contributed by atoms with Crippen LogP contribution < -0.4 is 5.32 Å². The molecular weight excluding hydrogens is 218 g/mol. The Kier molecular flexibility index (Phi) is 3.84. The molecule has 0 aliphatic heterocycles. The molecule has 0 bridgehead atoms. The predicted molar refractivity (Wildman–Crippen MR) is 55.9 cm³/mol. The van der Waals surface area contributed by atoms with E-state index in [0.717, 1.165) is 6.42 Å². The number of nitrogens with one attached hydrogen (secondary N) is 1. The topological polar surface area (TPSA) is 83.5 Å². The second kappa shape index (κ2) is 4.74. The zero-order chi connectivity index (χ0) is 11.5. The third-order valence-corrected chi connectivity index (χ3v) is 3.51. The number of rotatable bonds is 5. The minimum absolute atomic E-state index is 0.275. The average molecular weight is 233 g/mol. The molecule has 0 spiro atoms. The number of carbonyl (C=O) groups excluding carboxylic acids is 1. The SMILES string of the molecule is CS(=O)CCNC(=O)C1(C(=O)O)CCC1. The summed E-state index contributed by atoms with van der Waals surface area (Å²) in [5.41, 5.74) is -1.21. The quantitative estimate of drug-likeness (QED) is 0.641. The lowest BCUT2D eigenvalue weighted by molar-refractivity contribution is -0.162. The molecule has 1 fully saturated rings. The third-order valence-electron chi connectivity index (χ3n) is 2.73. The Morgan fingerprint density at radius 2 is 2.07 bits per heavy atom. The van der Waals surface area contributed by atoms with Crippen molar-refractivity contribution in [3.8, 4) is 0 Å². The highest BCUT2D eigenvalue weighted by molar-refractivity contribution is 7.84. The molecule has 1 saturated carbocycles. The zero-order valence-electron chi connectivity index (χ0n) is 8.62. The Morgan fingerprint density at radius 1 is 1.47 bits per heavy atom. The molecule has 0 aromatic rings. The van der Waals surface area contributed by atoms with E-state index in [1.54, 1.807) is 6.26 Å². The first-order chi connectivity index (χ1) is 6.99. The second-order valence-electron chi connectivity index (χ2n) is 3.77. The van der Waals surface area contributed by atoms with Gasteiger partial charge in [0.25, 0.3) is 0 Å². The molecule has 1 amide bonds. The van der Waals surface area contributed by atoms with Crippen LogP contribution in [0.15, 0.2) is 0 Å². The molecule has 0 saturated heterocycles. The van der Waals surface area contributed by atoms with Gasteiger partial charge in [0, 0.05) is 29.4 Å². The fourth-order valence-corrected chi connectivity index (χ4v) is 1.94. The Hall–Kier alpha value is -0.910. The van der Waals surface area contributed by atoms with Crippen LogP contribution in [0.25, 0.3) is 0 Å². The van der Waals surface area contributed by atoms with Gasteiger partial charge in [-0.25, -0.2) is 0 Å². The lowest BCUT2D eigenvalue weighted by Crippen LogP contribution is -2.51. The van der Waals surface area contributed by atoms with E-state index in [9.17, 15) is 13.8 Å². The summed E-state index contributed by atoms with van der Waals surface area (Å²) in [6.45, 7) is 0.275. The lowest BCUT2D eigenvalue weighted by atomic mass is 9.68. The first-order valence-electron chi connectivity index (χ1n) is 4.81. The summed E-state index contributed by atoms with van der Waals surface area (Å²) in [5.74, 6) is -1.13. The number of hydrogen-bond donors (Lipinski definition) is 2. The van der Waals surface area contributed by atoms with Crippen LogP contribution in [0.1, 0.15) is 19.3 Å². The van der Waals surface area contributed by atoms with Gasteiger partial charge in [0.05, 0.1) is 0 Å². The molecule has 1 rings (SSSR count). The normalized spacial score (nSPS) is 20.1. The molecule has 1 unspecified atom stereocenters. The van der Waals surface area contributed by atoms with E-state index < -0.39 is 28.1 Å². The Balaban J connectivity index is 2.45. The van der Waals surface area contributed by atoms with Crippen LogP contribution in [0, 0.1) is 5.41 Å². The number of hydrogen-bond acceptors (Lipinski definition) is 3. The van der Waals surface area contributed by atoms with Gasteiger partial charge in [0.15, 0.2) is 0 Å². The Labute approximate surface area is 90.7 Å². The number of aliphatic carboxylic acids is 1. The molecule has 0 aromatic carbocycles. The van der Waals surface area contributed by atoms with Crippen molar-refractivity contribution in [2.75, 3.05) is 18.6 Å². The van der Waals surface area contributed by atoms with Crippen LogP contribution >= 0.6 is 0 Å². The largest absolute Gasteiger partial charge is 0.480 e. The van der Waals surface area contributed by atoms with E-state index in [0.29, 0.717) is 18.6 Å². The Morgan fingerprint density at radius 3 is 2.40 bits per heavy atom. The molecule has 1 aliphatic carbocycles. The minimum atomic E-state index is -1.21. The van der Waals surface area contributed by atoms with Crippen molar-refractivity contribution in [2.24, 2.45) is 5.41 Å². The molecule has 2 N–H and O–H groups in total. The molecule has 1 atom stereocenters. The summed E-state index contributed by atoms with van der Waals surface area (Å²) in [4.78, 5) is 22.5. The van der Waals surface area contributed by atoms with Gasteiger partial charge in [-0.15, -0.1) is 0 Å². The first kappa shape index (κ1) is 12.2. The lowest BCUT2D eigenvalue weighted by Gasteiger charge is -2.35. The van der Waals surface area contributed by atoms with Gasteiger partial charge in [0.1, 0.15) is 5.41 Å². The summed E-state index contributed by atoms with van der Waals surface area (Å²) in [7, 11) is -0.966. The van der Waals surface area contributed by atoms with Gasteiger partial charge < -0.3 is 10.4 Å². The van der Waals surface area contributed by atoms with Crippen LogP contribution in [-0.2, 0) is 20.4 Å². The van der Waals surface area contributed by atoms with E-state index in [2.05, 4.69) is 5.32 Å². The number of carboxylic acids is 1. The van der Waals surface area contributed by atoms with Crippen LogP contribution in [0.5, 0.6) is 0 Å². The van der Waals surface area contributed by atoms with Crippen LogP contribution in [0.4, 0.5) is 0 Å². The summed E-state index contributed by atoms with van der Waals surface area (Å²) < 4.78 is 10.7. The minimum Gasteiger partial charge on any atom is -0.480 e. The van der Waals surface area contributed by atoms with Crippen molar-refractivity contribution in [3.63, 3.8) is 0 Å². The van der Waals surface area contributed by atoms with Crippen LogP contribution in [0.2, 0.25) is 0 Å². The van der Waals surface area contributed by atoms with Crippen LogP contribution in [0.3, 0.4) is 0 Å². The van der Waals surface area contributed by atoms with Crippen molar-refractivity contribution < 1.29 is 18.9 Å². The van der Waals surface area contributed by atoms with Gasteiger partial charge in [-0.05, 0) is 12.8 Å². The summed E-state index contributed by atoms with van der Waals surface area (Å²) in [6, 6.07) is 0. The second-order valence-corrected chi connectivity index (χ2v) is 5.33. The molecule has 1 aliphatic rings. The highest BCUT2D eigenvalue weighted by Crippen LogP contribution is 2.41. The highest BCUT2D eigenvalue weighted by Gasteiger charge is 2.50. The summed E-state index contributed by atoms with van der Waals surface area (Å²) >= 11 is 0. The molecule has 0 radical (unpaired) electrons. The van der Waals surface area contributed by atoms with E-state index in [4.69, 9.17) is 5.11 Å². The van der Waals surface area contributed by atoms with E-state index >= 15 is 0 Å². The smallest absolute Gasteiger partial charge is 0.319 e. The van der Waals surface area contributed by atoms with Gasteiger partial charge in [-0.1, -0.05) is 6.42 Å².